The summed E-state index contributed by atoms with van der Waals surface area (Å²) in [6, 6.07) is 0. The molecule has 0 aromatic rings. The molecule has 6 nitrogen and oxygen atoms in total. The van der Waals surface area contributed by atoms with Gasteiger partial charge in [-0.2, -0.15) is 0 Å². The fourth-order valence-corrected chi connectivity index (χ4v) is 3.18. The summed E-state index contributed by atoms with van der Waals surface area (Å²) in [5.41, 5.74) is -0.317. The molecule has 0 spiro atoms. The van der Waals surface area contributed by atoms with E-state index >= 15 is 0 Å². The zero-order valence-electron chi connectivity index (χ0n) is 10.5. The van der Waals surface area contributed by atoms with Crippen LogP contribution in [0, 0.1) is 5.92 Å². The fraction of sp³-hybridized carbons (Fsp3) is 0.615. The van der Waals surface area contributed by atoms with Gasteiger partial charge in [0.05, 0.1) is 0 Å². The van der Waals surface area contributed by atoms with Gasteiger partial charge < -0.3 is 4.74 Å². The minimum Gasteiger partial charge on any atom is -0.457 e. The molecule has 6 heteroatoms. The van der Waals surface area contributed by atoms with E-state index in [1.54, 1.807) is 0 Å². The van der Waals surface area contributed by atoms with Crippen molar-refractivity contribution in [1.29, 1.82) is 0 Å². The second-order valence-electron chi connectivity index (χ2n) is 5.38. The van der Waals surface area contributed by atoms with Crippen molar-refractivity contribution in [1.82, 2.24) is 5.06 Å². The summed E-state index contributed by atoms with van der Waals surface area (Å²) in [5.74, 6) is -0.981. The molecule has 2 aliphatic carbocycles. The molecular formula is C13H15NO5. The summed E-state index contributed by atoms with van der Waals surface area (Å²) >= 11 is 0. The molecule has 1 heterocycles. The molecule has 0 unspecified atom stereocenters. The lowest BCUT2D eigenvalue weighted by Crippen LogP contribution is -2.36. The van der Waals surface area contributed by atoms with Crippen LogP contribution in [0.5, 0.6) is 0 Å². The summed E-state index contributed by atoms with van der Waals surface area (Å²) < 4.78 is 5.49. The third kappa shape index (κ3) is 2.28. The van der Waals surface area contributed by atoms with E-state index in [1.807, 2.05) is 0 Å². The Bertz CT molecular complexity index is 444. The normalized spacial score (nSPS) is 32.4. The quantitative estimate of drug-likeness (QED) is 0.553. The number of carbonyl (C=O) groups excluding carboxylic acids is 3. The third-order valence-electron chi connectivity index (χ3n) is 4.09. The lowest BCUT2D eigenvalue weighted by Gasteiger charge is -2.26. The number of hydrogen-bond acceptors (Lipinski definition) is 5. The number of ether oxygens (including phenoxy) is 1. The number of hydroxylamine groups is 2. The zero-order valence-corrected chi connectivity index (χ0v) is 10.5. The average molecular weight is 265 g/mol. The van der Waals surface area contributed by atoms with Crippen LogP contribution >= 0.6 is 0 Å². The van der Waals surface area contributed by atoms with Gasteiger partial charge >= 0.3 is 5.97 Å². The van der Waals surface area contributed by atoms with Crippen molar-refractivity contribution in [3.8, 4) is 0 Å². The van der Waals surface area contributed by atoms with Crippen LogP contribution in [0.4, 0.5) is 0 Å². The highest BCUT2D eigenvalue weighted by molar-refractivity contribution is 6.11. The van der Waals surface area contributed by atoms with Crippen molar-refractivity contribution in [3.05, 3.63) is 12.2 Å². The van der Waals surface area contributed by atoms with Gasteiger partial charge in [0.15, 0.2) is 6.61 Å². The lowest BCUT2D eigenvalue weighted by atomic mass is 9.97. The highest BCUT2D eigenvalue weighted by Gasteiger charge is 2.47. The standard InChI is InChI=1S/C13H15NO5/c15-10-1-2-11(16)14(10)18-8-12(17)19-13-5-3-9(7-13)4-6-13/h1-2,9H,3-8H2. The van der Waals surface area contributed by atoms with E-state index in [1.165, 1.54) is 0 Å². The number of nitrogens with zero attached hydrogens (tertiary/aromatic N) is 1. The number of esters is 1. The molecular weight excluding hydrogens is 250 g/mol. The SMILES string of the molecule is O=C(CON1C(=O)C=CC1=O)OC12CCC(CC1)C2. The predicted molar refractivity (Wildman–Crippen MR) is 62.3 cm³/mol. The number of carbonyl (C=O) groups is 3. The molecule has 0 N–H and O–H groups in total. The maximum absolute atomic E-state index is 11.7. The van der Waals surface area contributed by atoms with Crippen molar-refractivity contribution in [2.24, 2.45) is 5.92 Å². The Morgan fingerprint density at radius 2 is 1.89 bits per heavy atom. The zero-order chi connectivity index (χ0) is 13.5. The highest BCUT2D eigenvalue weighted by atomic mass is 16.7. The number of rotatable bonds is 4. The van der Waals surface area contributed by atoms with Gasteiger partial charge in [-0.3, -0.25) is 14.4 Å². The second kappa shape index (κ2) is 4.45. The van der Waals surface area contributed by atoms with Gasteiger partial charge in [-0.25, -0.2) is 4.79 Å². The first-order valence-electron chi connectivity index (χ1n) is 6.49. The van der Waals surface area contributed by atoms with Crippen LogP contribution in [-0.2, 0) is 24.0 Å². The largest absolute Gasteiger partial charge is 0.457 e. The van der Waals surface area contributed by atoms with Gasteiger partial charge in [0.2, 0.25) is 0 Å². The van der Waals surface area contributed by atoms with E-state index in [0.717, 1.165) is 44.3 Å². The molecule has 19 heavy (non-hydrogen) atoms. The molecule has 102 valence electrons. The maximum Gasteiger partial charge on any atom is 0.335 e. The molecule has 0 saturated heterocycles. The average Bonchev–Trinajstić information content (AvgIpc) is 3.03. The van der Waals surface area contributed by atoms with E-state index in [4.69, 9.17) is 9.57 Å². The molecule has 0 aromatic heterocycles. The number of hydrogen-bond donors (Lipinski definition) is 0. The van der Waals surface area contributed by atoms with Crippen LogP contribution in [0.25, 0.3) is 0 Å². The molecule has 3 aliphatic rings. The first kappa shape index (κ1) is 12.3. The van der Waals surface area contributed by atoms with Crippen LogP contribution in [-0.4, -0.2) is 35.1 Å². The summed E-state index contributed by atoms with van der Waals surface area (Å²) in [6.45, 7) is -0.411. The first-order chi connectivity index (χ1) is 9.08. The molecule has 2 fully saturated rings. The van der Waals surface area contributed by atoms with E-state index in [-0.39, 0.29) is 5.60 Å². The third-order valence-corrected chi connectivity index (χ3v) is 4.09. The van der Waals surface area contributed by atoms with Crippen LogP contribution in [0.15, 0.2) is 12.2 Å². The topological polar surface area (TPSA) is 72.9 Å². The summed E-state index contributed by atoms with van der Waals surface area (Å²) in [7, 11) is 0. The van der Waals surface area contributed by atoms with Gasteiger partial charge in [-0.1, -0.05) is 0 Å². The first-order valence-corrected chi connectivity index (χ1v) is 6.49. The van der Waals surface area contributed by atoms with Crippen molar-refractivity contribution in [2.75, 3.05) is 6.61 Å². The van der Waals surface area contributed by atoms with Crippen LogP contribution in [0.1, 0.15) is 32.1 Å². The van der Waals surface area contributed by atoms with Crippen molar-refractivity contribution in [3.63, 3.8) is 0 Å². The van der Waals surface area contributed by atoms with Crippen molar-refractivity contribution >= 4 is 17.8 Å². The van der Waals surface area contributed by atoms with E-state index < -0.39 is 24.4 Å². The Balaban J connectivity index is 1.50. The van der Waals surface area contributed by atoms with Gasteiger partial charge in [-0.15, -0.1) is 5.06 Å². The van der Waals surface area contributed by atoms with Crippen LogP contribution in [0.3, 0.4) is 0 Å². The van der Waals surface area contributed by atoms with E-state index in [9.17, 15) is 14.4 Å². The summed E-state index contributed by atoms with van der Waals surface area (Å²) in [5, 5.41) is 0.574. The molecule has 2 bridgehead atoms. The van der Waals surface area contributed by atoms with Crippen molar-refractivity contribution < 1.29 is 24.0 Å². The van der Waals surface area contributed by atoms with E-state index in [0.29, 0.717) is 11.0 Å². The van der Waals surface area contributed by atoms with Gasteiger partial charge in [-0.05, 0) is 38.0 Å². The molecule has 0 radical (unpaired) electrons. The maximum atomic E-state index is 11.7. The Labute approximate surface area is 110 Å². The lowest BCUT2D eigenvalue weighted by molar-refractivity contribution is -0.196. The van der Waals surface area contributed by atoms with E-state index in [2.05, 4.69) is 0 Å². The Kier molecular flexibility index (Phi) is 2.89. The smallest absolute Gasteiger partial charge is 0.335 e. The van der Waals surface area contributed by atoms with Crippen molar-refractivity contribution in [2.45, 2.75) is 37.7 Å². The number of fused-ring (bicyclic) bond motifs is 2. The van der Waals surface area contributed by atoms with Crippen LogP contribution < -0.4 is 0 Å². The Hall–Kier alpha value is -1.69. The molecule has 1 aliphatic heterocycles. The number of imide groups is 1. The molecule has 2 amide bonds. The Morgan fingerprint density at radius 3 is 2.42 bits per heavy atom. The molecule has 3 rings (SSSR count). The summed E-state index contributed by atoms with van der Waals surface area (Å²) in [6.07, 6.45) is 7.18. The molecule has 0 atom stereocenters. The molecule has 0 aromatic carbocycles. The van der Waals surface area contributed by atoms with Crippen LogP contribution in [0.2, 0.25) is 0 Å². The van der Waals surface area contributed by atoms with Gasteiger partial charge in [0, 0.05) is 12.2 Å². The number of amides is 2. The summed E-state index contributed by atoms with van der Waals surface area (Å²) in [4.78, 5) is 39.1. The minimum absolute atomic E-state index is 0.317. The van der Waals surface area contributed by atoms with Gasteiger partial charge in [0.25, 0.3) is 11.8 Å². The molecule has 2 saturated carbocycles. The minimum atomic E-state index is -0.572. The fourth-order valence-electron chi connectivity index (χ4n) is 3.18. The predicted octanol–water partition coefficient (Wildman–Crippen LogP) is 0.719. The van der Waals surface area contributed by atoms with Gasteiger partial charge in [0.1, 0.15) is 5.60 Å². The monoisotopic (exact) mass is 265 g/mol. The Morgan fingerprint density at radius 1 is 1.26 bits per heavy atom. The second-order valence-corrected chi connectivity index (χ2v) is 5.38. The highest BCUT2D eigenvalue weighted by Crippen LogP contribution is 2.49.